The maximum Gasteiger partial charge on any atom is 0.263 e. The predicted octanol–water partition coefficient (Wildman–Crippen LogP) is 2.72. The van der Waals surface area contributed by atoms with Crippen LogP contribution in [0.5, 0.6) is 0 Å². The largest absolute Gasteiger partial charge is 0.352 e. The molecule has 0 aromatic heterocycles. The molecule has 2 aliphatic heterocycles. The van der Waals surface area contributed by atoms with Crippen LogP contribution in [0.1, 0.15) is 36.9 Å². The highest BCUT2D eigenvalue weighted by Gasteiger charge is 2.31. The van der Waals surface area contributed by atoms with E-state index in [1.807, 2.05) is 24.3 Å². The molecule has 2 aromatic rings. The van der Waals surface area contributed by atoms with E-state index >= 15 is 0 Å². The van der Waals surface area contributed by atoms with E-state index in [2.05, 4.69) is 19.9 Å². The fourth-order valence-corrected chi connectivity index (χ4v) is 5.49. The Balaban J connectivity index is 1.48. The Hall–Kier alpha value is -2.42. The normalized spacial score (nSPS) is 20.8. The van der Waals surface area contributed by atoms with Crippen molar-refractivity contribution in [3.63, 3.8) is 0 Å². The number of nitrogens with one attached hydrogen (secondary N) is 2. The summed E-state index contributed by atoms with van der Waals surface area (Å²) in [5.74, 6) is -0.0634. The molecule has 1 amide bonds. The number of aliphatic imine (C=N–C) groups is 1. The number of hydrogen-bond donors (Lipinski definition) is 2. The van der Waals surface area contributed by atoms with Crippen molar-refractivity contribution in [3.8, 4) is 0 Å². The van der Waals surface area contributed by atoms with Crippen molar-refractivity contribution in [2.75, 3.05) is 19.6 Å². The first-order valence-electron chi connectivity index (χ1n) is 10.3. The molecule has 164 valence electrons. The minimum absolute atomic E-state index is 0.0238. The van der Waals surface area contributed by atoms with Gasteiger partial charge >= 0.3 is 0 Å². The highest BCUT2D eigenvalue weighted by Crippen LogP contribution is 2.27. The van der Waals surface area contributed by atoms with Gasteiger partial charge in [0.2, 0.25) is 5.91 Å². The second kappa shape index (κ2) is 8.98. The van der Waals surface area contributed by atoms with Gasteiger partial charge in [0.15, 0.2) is 0 Å². The third-order valence-electron chi connectivity index (χ3n) is 5.65. The number of carbonyl (C=O) groups is 1. The molecule has 2 atom stereocenters. The van der Waals surface area contributed by atoms with Gasteiger partial charge < -0.3 is 5.32 Å². The Bertz CT molecular complexity index is 1110. The first-order chi connectivity index (χ1) is 14.8. The van der Waals surface area contributed by atoms with Crippen molar-refractivity contribution < 1.29 is 13.2 Å². The Morgan fingerprint density at radius 2 is 1.94 bits per heavy atom. The van der Waals surface area contributed by atoms with E-state index in [0.29, 0.717) is 17.1 Å². The van der Waals surface area contributed by atoms with Crippen LogP contribution in [0.2, 0.25) is 5.02 Å². The van der Waals surface area contributed by atoms with Gasteiger partial charge in [-0.2, -0.15) is 0 Å². The van der Waals surface area contributed by atoms with Gasteiger partial charge in [0.1, 0.15) is 11.9 Å². The van der Waals surface area contributed by atoms with Crippen LogP contribution in [0.4, 0.5) is 0 Å². The zero-order valence-electron chi connectivity index (χ0n) is 17.2. The first kappa shape index (κ1) is 21.8. The summed E-state index contributed by atoms with van der Waals surface area (Å²) in [4.78, 5) is 19.7. The number of amidine groups is 1. The van der Waals surface area contributed by atoms with Crippen molar-refractivity contribution in [2.45, 2.75) is 36.7 Å². The maximum atomic E-state index is 12.8. The summed E-state index contributed by atoms with van der Waals surface area (Å²) in [6, 6.07) is 13.6. The van der Waals surface area contributed by atoms with E-state index in [9.17, 15) is 13.2 Å². The average molecular weight is 461 g/mol. The number of carbonyl (C=O) groups excluding carboxylic acids is 1. The van der Waals surface area contributed by atoms with Crippen LogP contribution in [-0.2, 0) is 14.8 Å². The smallest absolute Gasteiger partial charge is 0.263 e. The Morgan fingerprint density at radius 1 is 1.19 bits per heavy atom. The zero-order chi connectivity index (χ0) is 22.0. The van der Waals surface area contributed by atoms with Crippen LogP contribution in [0.3, 0.4) is 0 Å². The summed E-state index contributed by atoms with van der Waals surface area (Å²) < 4.78 is 26.9. The number of nitrogens with zero attached hydrogens (tertiary/aromatic N) is 2. The van der Waals surface area contributed by atoms with Crippen LogP contribution < -0.4 is 10.0 Å². The van der Waals surface area contributed by atoms with E-state index in [0.717, 1.165) is 31.5 Å². The number of amides is 1. The zero-order valence-corrected chi connectivity index (χ0v) is 18.8. The highest BCUT2D eigenvalue weighted by atomic mass is 35.5. The van der Waals surface area contributed by atoms with Crippen LogP contribution in [0.15, 0.2) is 58.4 Å². The highest BCUT2D eigenvalue weighted by molar-refractivity contribution is 7.90. The lowest BCUT2D eigenvalue weighted by Crippen LogP contribution is -2.40. The second-order valence-corrected chi connectivity index (χ2v) is 9.90. The molecule has 2 N–H and O–H groups in total. The lowest BCUT2D eigenvalue weighted by molar-refractivity contribution is -0.122. The van der Waals surface area contributed by atoms with Gasteiger partial charge in [-0.15, -0.1) is 0 Å². The molecule has 9 heteroatoms. The van der Waals surface area contributed by atoms with Crippen LogP contribution in [-0.4, -0.2) is 50.7 Å². The van der Waals surface area contributed by atoms with E-state index in [4.69, 9.17) is 11.6 Å². The molecule has 0 bridgehead atoms. The predicted molar refractivity (Wildman–Crippen MR) is 121 cm³/mol. The molecule has 31 heavy (non-hydrogen) atoms. The molecule has 7 nitrogen and oxygen atoms in total. The van der Waals surface area contributed by atoms with Crippen molar-refractivity contribution in [3.05, 3.63) is 64.7 Å². The molecule has 2 heterocycles. The van der Waals surface area contributed by atoms with E-state index < -0.39 is 16.1 Å². The monoisotopic (exact) mass is 460 g/mol. The lowest BCUT2D eigenvalue weighted by Gasteiger charge is -2.28. The topological polar surface area (TPSA) is 90.9 Å². The van der Waals surface area contributed by atoms with Gasteiger partial charge in [0, 0.05) is 17.1 Å². The van der Waals surface area contributed by atoms with E-state index in [-0.39, 0.29) is 22.7 Å². The molecule has 0 saturated carbocycles. The number of fused-ring (bicyclic) bond motifs is 1. The fourth-order valence-electron chi connectivity index (χ4n) is 4.05. The molecule has 0 radical (unpaired) electrons. The van der Waals surface area contributed by atoms with Gasteiger partial charge in [-0.05, 0) is 62.7 Å². The summed E-state index contributed by atoms with van der Waals surface area (Å²) in [7, 11) is -3.63. The van der Waals surface area contributed by atoms with Crippen molar-refractivity contribution in [2.24, 2.45) is 4.99 Å². The number of likely N-dealkylation sites (tertiary alicyclic amines) is 1. The molecule has 0 aliphatic carbocycles. The Labute approximate surface area is 187 Å². The summed E-state index contributed by atoms with van der Waals surface area (Å²) in [6.07, 6.45) is 2.27. The summed E-state index contributed by atoms with van der Waals surface area (Å²) in [5, 5.41) is 3.65. The quantitative estimate of drug-likeness (QED) is 0.693. The number of hydrogen-bond acceptors (Lipinski definition) is 5. The first-order valence-corrected chi connectivity index (χ1v) is 12.2. The van der Waals surface area contributed by atoms with Crippen LogP contribution in [0, 0.1) is 0 Å². The fraction of sp³-hybridized carbons (Fsp3) is 0.364. The summed E-state index contributed by atoms with van der Waals surface area (Å²) >= 11 is 6.19. The molecule has 1 saturated heterocycles. The summed E-state index contributed by atoms with van der Waals surface area (Å²) in [5.41, 5.74) is 1.54. The van der Waals surface area contributed by atoms with Crippen LogP contribution in [0.25, 0.3) is 0 Å². The molecular formula is C22H25ClN4O3S. The molecule has 1 unspecified atom stereocenters. The van der Waals surface area contributed by atoms with Gasteiger partial charge in [-0.3, -0.25) is 19.4 Å². The lowest BCUT2D eigenvalue weighted by atomic mass is 10.1. The van der Waals surface area contributed by atoms with Gasteiger partial charge in [0.05, 0.1) is 10.9 Å². The van der Waals surface area contributed by atoms with Crippen molar-refractivity contribution in [1.82, 2.24) is 14.9 Å². The standard InChI is InChI=1S/C22H25ClN4O3S/c1-15(25-21-18-9-2-3-10-20(18)31(29,30)26-21)22(28)24-14-19(27-11-4-5-12-27)16-7-6-8-17(23)13-16/h2-3,6-10,13,15,19H,4-5,11-12,14H2,1H3,(H,24,28)(H,25,26)/t15-,19?/m0/s1. The van der Waals surface area contributed by atoms with E-state index in [1.165, 1.54) is 6.07 Å². The third-order valence-corrected chi connectivity index (χ3v) is 7.28. The Morgan fingerprint density at radius 3 is 2.68 bits per heavy atom. The molecule has 0 spiro atoms. The van der Waals surface area contributed by atoms with Gasteiger partial charge in [-0.1, -0.05) is 35.9 Å². The average Bonchev–Trinajstić information content (AvgIpc) is 3.35. The molecule has 4 rings (SSSR count). The van der Waals surface area contributed by atoms with E-state index in [1.54, 1.807) is 25.1 Å². The Kier molecular flexibility index (Phi) is 6.31. The van der Waals surface area contributed by atoms with Gasteiger partial charge in [0.25, 0.3) is 10.0 Å². The third kappa shape index (κ3) is 4.76. The number of benzene rings is 2. The number of sulfonamides is 1. The molecular weight excluding hydrogens is 436 g/mol. The van der Waals surface area contributed by atoms with Crippen molar-refractivity contribution in [1.29, 1.82) is 0 Å². The molecule has 2 aliphatic rings. The van der Waals surface area contributed by atoms with Crippen molar-refractivity contribution >= 4 is 33.4 Å². The minimum Gasteiger partial charge on any atom is -0.352 e. The van der Waals surface area contributed by atoms with Gasteiger partial charge in [-0.25, -0.2) is 8.42 Å². The summed E-state index contributed by atoms with van der Waals surface area (Å²) in [6.45, 7) is 4.03. The minimum atomic E-state index is -3.63. The maximum absolute atomic E-state index is 12.8. The second-order valence-electron chi connectivity index (χ2n) is 7.81. The number of halogens is 1. The molecule has 2 aromatic carbocycles. The van der Waals surface area contributed by atoms with Crippen LogP contribution >= 0.6 is 11.6 Å². The number of rotatable bonds is 6. The SMILES string of the molecule is C[C@H](N=C1NS(=O)(=O)c2ccccc21)C(=O)NCC(c1cccc(Cl)c1)N1CCCC1. The molecule has 1 fully saturated rings.